The van der Waals surface area contributed by atoms with Crippen LogP contribution in [0.5, 0.6) is 0 Å². The van der Waals surface area contributed by atoms with Crippen molar-refractivity contribution in [1.82, 2.24) is 0 Å². The van der Waals surface area contributed by atoms with Crippen LogP contribution in [0.4, 0.5) is 8.78 Å². The van der Waals surface area contributed by atoms with E-state index in [4.69, 9.17) is 5.11 Å². The molecule has 1 rings (SSSR count). The second-order valence-electron chi connectivity index (χ2n) is 3.22. The van der Waals surface area contributed by atoms with Crippen molar-refractivity contribution in [3.8, 4) is 0 Å². The largest absolute Gasteiger partial charge is 0.479 e. The summed E-state index contributed by atoms with van der Waals surface area (Å²) in [5.74, 6) is -2.22. The van der Waals surface area contributed by atoms with E-state index in [0.717, 1.165) is 13.0 Å². The van der Waals surface area contributed by atoms with Gasteiger partial charge in [-0.25, -0.2) is 13.6 Å². The van der Waals surface area contributed by atoms with Gasteiger partial charge in [0, 0.05) is 5.56 Å². The lowest BCUT2D eigenvalue weighted by atomic mass is 9.93. The van der Waals surface area contributed by atoms with Crippen LogP contribution in [0.2, 0.25) is 0 Å². The normalized spacial score (nSPS) is 14.9. The van der Waals surface area contributed by atoms with Crippen molar-refractivity contribution in [3.63, 3.8) is 0 Å². The van der Waals surface area contributed by atoms with E-state index in [1.54, 1.807) is 0 Å². The van der Waals surface area contributed by atoms with Gasteiger partial charge in [-0.05, 0) is 25.5 Å². The Morgan fingerprint density at radius 3 is 2.57 bits per heavy atom. The summed E-state index contributed by atoms with van der Waals surface area (Å²) in [6, 6.07) is 3.72. The molecule has 0 aliphatic heterocycles. The van der Waals surface area contributed by atoms with E-state index >= 15 is 0 Å². The highest BCUT2D eigenvalue weighted by molar-refractivity contribution is 5.79. The number of benzene rings is 1. The molecule has 76 valence electrons. The van der Waals surface area contributed by atoms with Crippen molar-refractivity contribution in [2.24, 2.45) is 0 Å². The zero-order valence-electron chi connectivity index (χ0n) is 7.84. The Morgan fingerprint density at radius 1 is 1.50 bits per heavy atom. The van der Waals surface area contributed by atoms with Crippen LogP contribution >= 0.6 is 0 Å². The quantitative estimate of drug-likeness (QED) is 0.795. The molecule has 1 aromatic carbocycles. The van der Waals surface area contributed by atoms with Gasteiger partial charge in [-0.1, -0.05) is 12.1 Å². The summed E-state index contributed by atoms with van der Waals surface area (Å²) < 4.78 is 26.6. The van der Waals surface area contributed by atoms with Crippen LogP contribution in [0.15, 0.2) is 18.2 Å². The van der Waals surface area contributed by atoms with E-state index < -0.39 is 17.5 Å². The SMILES string of the molecule is Cc1c(F)cccc1C(C)(F)C(=O)O. The summed E-state index contributed by atoms with van der Waals surface area (Å²) in [6.07, 6.45) is 0. The molecule has 0 bridgehead atoms. The van der Waals surface area contributed by atoms with E-state index in [2.05, 4.69) is 0 Å². The van der Waals surface area contributed by atoms with Gasteiger partial charge in [0.25, 0.3) is 0 Å². The summed E-state index contributed by atoms with van der Waals surface area (Å²) in [4.78, 5) is 10.6. The van der Waals surface area contributed by atoms with Gasteiger partial charge < -0.3 is 5.11 Å². The second kappa shape index (κ2) is 3.36. The van der Waals surface area contributed by atoms with Crippen molar-refractivity contribution in [1.29, 1.82) is 0 Å². The van der Waals surface area contributed by atoms with Crippen molar-refractivity contribution in [2.45, 2.75) is 19.5 Å². The Morgan fingerprint density at radius 2 is 2.07 bits per heavy atom. The number of hydrogen-bond acceptors (Lipinski definition) is 1. The average molecular weight is 200 g/mol. The molecule has 0 fully saturated rings. The predicted molar refractivity (Wildman–Crippen MR) is 47.2 cm³/mol. The van der Waals surface area contributed by atoms with Gasteiger partial charge >= 0.3 is 5.97 Å². The molecule has 0 amide bonds. The van der Waals surface area contributed by atoms with Gasteiger partial charge in [-0.15, -0.1) is 0 Å². The average Bonchev–Trinajstić information content (AvgIpc) is 2.09. The van der Waals surface area contributed by atoms with Crippen LogP contribution in [-0.2, 0) is 10.5 Å². The first-order valence-corrected chi connectivity index (χ1v) is 4.05. The topological polar surface area (TPSA) is 37.3 Å². The summed E-state index contributed by atoms with van der Waals surface area (Å²) in [7, 11) is 0. The Kier molecular flexibility index (Phi) is 2.55. The fourth-order valence-corrected chi connectivity index (χ4v) is 1.23. The lowest BCUT2D eigenvalue weighted by Gasteiger charge is -2.17. The van der Waals surface area contributed by atoms with Gasteiger partial charge in [-0.2, -0.15) is 0 Å². The minimum Gasteiger partial charge on any atom is -0.479 e. The number of rotatable bonds is 2. The second-order valence-corrected chi connectivity index (χ2v) is 3.22. The van der Waals surface area contributed by atoms with Crippen molar-refractivity contribution < 1.29 is 18.7 Å². The molecule has 0 heterocycles. The number of halogens is 2. The molecule has 0 saturated heterocycles. The molecule has 0 spiro atoms. The number of carboxylic acids is 1. The first kappa shape index (κ1) is 10.6. The predicted octanol–water partition coefficient (Wildman–Crippen LogP) is 2.40. The van der Waals surface area contributed by atoms with Crippen LogP contribution < -0.4 is 0 Å². The van der Waals surface area contributed by atoms with Gasteiger partial charge in [0.1, 0.15) is 5.82 Å². The number of hydrogen-bond donors (Lipinski definition) is 1. The fourth-order valence-electron chi connectivity index (χ4n) is 1.23. The van der Waals surface area contributed by atoms with Crippen LogP contribution in [0.25, 0.3) is 0 Å². The molecule has 0 aliphatic carbocycles. The molecule has 1 N–H and O–H groups in total. The number of carbonyl (C=O) groups is 1. The Bertz CT molecular complexity index is 372. The maximum atomic E-state index is 13.6. The third kappa shape index (κ3) is 1.60. The summed E-state index contributed by atoms with van der Waals surface area (Å²) >= 11 is 0. The molecule has 0 aromatic heterocycles. The van der Waals surface area contributed by atoms with Crippen molar-refractivity contribution in [3.05, 3.63) is 35.1 Å². The van der Waals surface area contributed by atoms with E-state index in [-0.39, 0.29) is 11.1 Å². The first-order chi connectivity index (χ1) is 6.37. The number of alkyl halides is 1. The molecule has 1 unspecified atom stereocenters. The van der Waals surface area contributed by atoms with Gasteiger partial charge in [0.05, 0.1) is 0 Å². The smallest absolute Gasteiger partial charge is 0.345 e. The maximum absolute atomic E-state index is 13.6. The lowest BCUT2D eigenvalue weighted by Crippen LogP contribution is -2.28. The molecule has 1 atom stereocenters. The molecule has 0 aliphatic rings. The van der Waals surface area contributed by atoms with Crippen LogP contribution in [0.3, 0.4) is 0 Å². The summed E-state index contributed by atoms with van der Waals surface area (Å²) in [5.41, 5.74) is -2.67. The van der Waals surface area contributed by atoms with Crippen molar-refractivity contribution in [2.75, 3.05) is 0 Å². The van der Waals surface area contributed by atoms with E-state index in [1.165, 1.54) is 19.1 Å². The zero-order chi connectivity index (χ0) is 10.9. The van der Waals surface area contributed by atoms with Gasteiger partial charge in [0.15, 0.2) is 0 Å². The minimum atomic E-state index is -2.55. The Hall–Kier alpha value is -1.45. The standard InChI is InChI=1S/C10H10F2O2/c1-6-7(4-3-5-8(6)11)10(2,12)9(13)14/h3-5H,1-2H3,(H,13,14). The Labute approximate surface area is 80.2 Å². The highest BCUT2D eigenvalue weighted by atomic mass is 19.1. The zero-order valence-corrected chi connectivity index (χ0v) is 7.84. The van der Waals surface area contributed by atoms with E-state index in [0.29, 0.717) is 0 Å². The van der Waals surface area contributed by atoms with E-state index in [9.17, 15) is 13.6 Å². The molecule has 14 heavy (non-hydrogen) atoms. The maximum Gasteiger partial charge on any atom is 0.345 e. The van der Waals surface area contributed by atoms with Crippen LogP contribution in [-0.4, -0.2) is 11.1 Å². The monoisotopic (exact) mass is 200 g/mol. The lowest BCUT2D eigenvalue weighted by molar-refractivity contribution is -0.150. The summed E-state index contributed by atoms with van der Waals surface area (Å²) in [5, 5.41) is 8.61. The molecule has 1 aromatic rings. The van der Waals surface area contributed by atoms with E-state index in [1.807, 2.05) is 0 Å². The van der Waals surface area contributed by atoms with Gasteiger partial charge in [0.2, 0.25) is 5.67 Å². The fraction of sp³-hybridized carbons (Fsp3) is 0.300. The van der Waals surface area contributed by atoms with Crippen LogP contribution in [0, 0.1) is 12.7 Å². The molecule has 0 radical (unpaired) electrons. The highest BCUT2D eigenvalue weighted by Crippen LogP contribution is 2.29. The third-order valence-corrected chi connectivity index (χ3v) is 2.18. The molecule has 0 saturated carbocycles. The number of carboxylic acid groups (broad SMARTS) is 1. The molecule has 2 nitrogen and oxygen atoms in total. The number of aliphatic carboxylic acids is 1. The first-order valence-electron chi connectivity index (χ1n) is 4.05. The molecular formula is C10H10F2O2. The van der Waals surface area contributed by atoms with Gasteiger partial charge in [-0.3, -0.25) is 0 Å². The van der Waals surface area contributed by atoms with Crippen LogP contribution in [0.1, 0.15) is 18.1 Å². The highest BCUT2D eigenvalue weighted by Gasteiger charge is 2.36. The Balaban J connectivity index is 3.33. The minimum absolute atomic E-state index is 0.0277. The summed E-state index contributed by atoms with van der Waals surface area (Å²) in [6.45, 7) is 2.25. The molecular weight excluding hydrogens is 190 g/mol. The molecule has 4 heteroatoms. The third-order valence-electron chi connectivity index (χ3n) is 2.18. The van der Waals surface area contributed by atoms with Crippen molar-refractivity contribution >= 4 is 5.97 Å².